The van der Waals surface area contributed by atoms with Crippen LogP contribution in [0.15, 0.2) is 30.6 Å². The summed E-state index contributed by atoms with van der Waals surface area (Å²) in [5, 5.41) is 18.1. The zero-order chi connectivity index (χ0) is 19.0. The van der Waals surface area contributed by atoms with Crippen molar-refractivity contribution in [1.82, 2.24) is 29.5 Å². The molecule has 9 heteroatoms. The van der Waals surface area contributed by atoms with Gasteiger partial charge in [0, 0.05) is 25.1 Å². The smallest absolute Gasteiger partial charge is 0.310 e. The van der Waals surface area contributed by atoms with E-state index in [0.717, 1.165) is 5.69 Å². The Kier molecular flexibility index (Phi) is 4.35. The van der Waals surface area contributed by atoms with Gasteiger partial charge in [0.25, 0.3) is 0 Å². The summed E-state index contributed by atoms with van der Waals surface area (Å²) in [6, 6.07) is 7.17. The Hall–Kier alpha value is -3.23. The fourth-order valence-electron chi connectivity index (χ4n) is 2.88. The number of nitrogens with zero attached hydrogens (tertiary/aromatic N) is 6. The van der Waals surface area contributed by atoms with Crippen LogP contribution in [-0.4, -0.2) is 35.6 Å². The molecule has 27 heavy (non-hydrogen) atoms. The molecule has 140 valence electrons. The van der Waals surface area contributed by atoms with Crippen molar-refractivity contribution in [3.63, 3.8) is 0 Å². The van der Waals surface area contributed by atoms with E-state index in [4.69, 9.17) is 0 Å². The first kappa shape index (κ1) is 17.2. The number of rotatable bonds is 5. The van der Waals surface area contributed by atoms with E-state index in [1.165, 1.54) is 12.8 Å². The molecule has 9 nitrogen and oxygen atoms in total. The van der Waals surface area contributed by atoms with Gasteiger partial charge in [-0.25, -0.2) is 9.78 Å². The molecule has 0 unspecified atom stereocenters. The molecule has 4 rings (SSSR count). The molecular weight excluding hydrogens is 344 g/mol. The lowest BCUT2D eigenvalue weighted by molar-refractivity contribution is 0.262. The van der Waals surface area contributed by atoms with Crippen LogP contribution in [0.2, 0.25) is 0 Å². The van der Waals surface area contributed by atoms with Gasteiger partial charge in [0.1, 0.15) is 23.7 Å². The Morgan fingerprint density at radius 3 is 2.81 bits per heavy atom. The van der Waals surface area contributed by atoms with Gasteiger partial charge >= 0.3 is 6.03 Å². The van der Waals surface area contributed by atoms with Crippen LogP contribution in [0.4, 0.5) is 16.4 Å². The van der Waals surface area contributed by atoms with Crippen molar-refractivity contribution in [2.24, 2.45) is 7.05 Å². The molecular formula is C18H22N8O. The summed E-state index contributed by atoms with van der Waals surface area (Å²) in [6.07, 6.45) is 4.01. The van der Waals surface area contributed by atoms with E-state index in [-0.39, 0.29) is 12.1 Å². The first-order valence-corrected chi connectivity index (χ1v) is 9.00. The molecule has 3 aromatic heterocycles. The van der Waals surface area contributed by atoms with Crippen LogP contribution in [0.1, 0.15) is 44.3 Å². The van der Waals surface area contributed by atoms with Crippen molar-refractivity contribution in [2.75, 3.05) is 10.6 Å². The lowest BCUT2D eigenvalue weighted by atomic mass is 10.3. The van der Waals surface area contributed by atoms with Gasteiger partial charge < -0.3 is 4.57 Å². The third-order valence-corrected chi connectivity index (χ3v) is 4.49. The molecule has 0 saturated heterocycles. The third kappa shape index (κ3) is 3.67. The second-order valence-electron chi connectivity index (χ2n) is 7.00. The number of pyridine rings is 1. The molecule has 0 atom stereocenters. The van der Waals surface area contributed by atoms with Crippen LogP contribution in [0.5, 0.6) is 0 Å². The molecule has 2 N–H and O–H groups in total. The Balaban J connectivity index is 1.48. The third-order valence-electron chi connectivity index (χ3n) is 4.49. The summed E-state index contributed by atoms with van der Waals surface area (Å²) in [5.74, 6) is 2.29. The molecule has 1 saturated carbocycles. The first-order chi connectivity index (χ1) is 13.0. The zero-order valence-corrected chi connectivity index (χ0v) is 15.5. The molecule has 0 aliphatic heterocycles. The van der Waals surface area contributed by atoms with Gasteiger partial charge in [-0.2, -0.15) is 5.10 Å². The van der Waals surface area contributed by atoms with Crippen molar-refractivity contribution in [3.8, 4) is 11.5 Å². The number of carbonyl (C=O) groups is 1. The second-order valence-corrected chi connectivity index (χ2v) is 7.00. The number of anilines is 2. The highest BCUT2D eigenvalue weighted by molar-refractivity contribution is 5.98. The molecule has 0 radical (unpaired) electrons. The van der Waals surface area contributed by atoms with Gasteiger partial charge in [-0.05, 0) is 38.8 Å². The molecule has 1 aliphatic carbocycles. The second kappa shape index (κ2) is 6.82. The average Bonchev–Trinajstić information content (AvgIpc) is 3.24. The highest BCUT2D eigenvalue weighted by Gasteiger charge is 2.27. The number of hydrogen-bond donors (Lipinski definition) is 2. The Morgan fingerprint density at radius 1 is 1.26 bits per heavy atom. The number of aromatic nitrogens is 6. The van der Waals surface area contributed by atoms with E-state index in [2.05, 4.69) is 30.9 Å². The lowest BCUT2D eigenvalue weighted by Crippen LogP contribution is -2.21. The maximum absolute atomic E-state index is 12.4. The number of nitrogens with one attached hydrogen (secondary N) is 2. The maximum Gasteiger partial charge on any atom is 0.326 e. The van der Waals surface area contributed by atoms with Gasteiger partial charge in [0.15, 0.2) is 5.82 Å². The number of carbonyl (C=O) groups excluding carboxylic acids is 1. The summed E-state index contributed by atoms with van der Waals surface area (Å²) in [5.41, 5.74) is 1.68. The van der Waals surface area contributed by atoms with Gasteiger partial charge in [0.05, 0.1) is 5.69 Å². The average molecular weight is 366 g/mol. The highest BCUT2D eigenvalue weighted by Crippen LogP contribution is 2.39. The molecule has 0 spiro atoms. The predicted molar refractivity (Wildman–Crippen MR) is 101 cm³/mol. The van der Waals surface area contributed by atoms with E-state index >= 15 is 0 Å². The van der Waals surface area contributed by atoms with Crippen LogP contribution in [-0.2, 0) is 7.05 Å². The molecule has 3 aromatic rings. The van der Waals surface area contributed by atoms with Crippen LogP contribution in [0, 0.1) is 0 Å². The van der Waals surface area contributed by atoms with Crippen molar-refractivity contribution < 1.29 is 4.79 Å². The minimum absolute atomic E-state index is 0.210. The van der Waals surface area contributed by atoms with E-state index in [9.17, 15) is 4.79 Å². The van der Waals surface area contributed by atoms with Crippen LogP contribution < -0.4 is 10.6 Å². The van der Waals surface area contributed by atoms with Gasteiger partial charge in [-0.3, -0.25) is 15.3 Å². The number of amides is 2. The molecule has 3 heterocycles. The fourth-order valence-corrected chi connectivity index (χ4v) is 2.88. The van der Waals surface area contributed by atoms with Gasteiger partial charge in [-0.1, -0.05) is 6.07 Å². The number of hydrogen-bond acceptors (Lipinski definition) is 5. The summed E-state index contributed by atoms with van der Waals surface area (Å²) in [6.45, 7) is 4.10. The van der Waals surface area contributed by atoms with E-state index < -0.39 is 0 Å². The highest BCUT2D eigenvalue weighted by atomic mass is 16.2. The molecule has 1 fully saturated rings. The van der Waals surface area contributed by atoms with E-state index in [1.54, 1.807) is 17.1 Å². The first-order valence-electron chi connectivity index (χ1n) is 9.00. The SMILES string of the molecule is CC(C)n1cnnc1-c1cccc(NC(=O)Nc2cc(C3CC3)nn2C)n1. The Bertz CT molecular complexity index is 969. The molecule has 2 amide bonds. The van der Waals surface area contributed by atoms with Crippen molar-refractivity contribution >= 4 is 17.7 Å². The van der Waals surface area contributed by atoms with Crippen LogP contribution in [0.3, 0.4) is 0 Å². The Morgan fingerprint density at radius 2 is 2.07 bits per heavy atom. The fraction of sp³-hybridized carbons (Fsp3) is 0.389. The molecule has 0 bridgehead atoms. The maximum atomic E-state index is 12.4. The quantitative estimate of drug-likeness (QED) is 0.722. The van der Waals surface area contributed by atoms with Crippen molar-refractivity contribution in [2.45, 2.75) is 38.6 Å². The number of aryl methyl sites for hydroxylation is 1. The van der Waals surface area contributed by atoms with Crippen molar-refractivity contribution in [3.05, 3.63) is 36.3 Å². The Labute approximate surface area is 156 Å². The summed E-state index contributed by atoms with van der Waals surface area (Å²) >= 11 is 0. The molecule has 1 aliphatic rings. The zero-order valence-electron chi connectivity index (χ0n) is 15.5. The minimum Gasteiger partial charge on any atom is -0.310 e. The van der Waals surface area contributed by atoms with E-state index in [1.807, 2.05) is 43.7 Å². The molecule has 0 aromatic carbocycles. The van der Waals surface area contributed by atoms with Gasteiger partial charge in [0.2, 0.25) is 0 Å². The topological polar surface area (TPSA) is 103 Å². The summed E-state index contributed by atoms with van der Waals surface area (Å²) in [4.78, 5) is 16.9. The van der Waals surface area contributed by atoms with Gasteiger partial charge in [-0.15, -0.1) is 10.2 Å². The van der Waals surface area contributed by atoms with Crippen LogP contribution >= 0.6 is 0 Å². The van der Waals surface area contributed by atoms with E-state index in [0.29, 0.717) is 29.1 Å². The largest absolute Gasteiger partial charge is 0.326 e. The summed E-state index contributed by atoms with van der Waals surface area (Å²) < 4.78 is 3.61. The monoisotopic (exact) mass is 366 g/mol. The minimum atomic E-state index is -0.365. The van der Waals surface area contributed by atoms with Crippen molar-refractivity contribution in [1.29, 1.82) is 0 Å². The number of urea groups is 1. The standard InChI is InChI=1S/C18H22N8O/c1-11(2)26-10-19-23-17(26)13-5-4-6-15(20-13)21-18(27)22-16-9-14(12-7-8-12)24-25(16)3/h4-6,9-12H,7-8H2,1-3H3,(H2,20,21,22,27). The summed E-state index contributed by atoms with van der Waals surface area (Å²) in [7, 11) is 1.82. The normalized spacial score (nSPS) is 13.8. The van der Waals surface area contributed by atoms with Crippen LogP contribution in [0.25, 0.3) is 11.5 Å². The lowest BCUT2D eigenvalue weighted by Gasteiger charge is -2.11. The predicted octanol–water partition coefficient (Wildman–Crippen LogP) is 3.18.